The molecule has 2 aromatic carbocycles. The lowest BCUT2D eigenvalue weighted by molar-refractivity contribution is -0.428. The zero-order chi connectivity index (χ0) is 23.0. The van der Waals surface area contributed by atoms with Gasteiger partial charge in [-0.2, -0.15) is 39.5 Å². The average Bonchev–Trinajstić information content (AvgIpc) is 2.62. The molecule has 2 rings (SSSR count). The molecule has 0 saturated carbocycles. The van der Waals surface area contributed by atoms with Crippen LogP contribution >= 0.6 is 0 Å². The molecule has 0 aromatic heterocycles. The Kier molecular flexibility index (Phi) is 5.88. The van der Waals surface area contributed by atoms with Crippen molar-refractivity contribution in [2.75, 3.05) is 0 Å². The van der Waals surface area contributed by atoms with Gasteiger partial charge in [-0.1, -0.05) is 0 Å². The Balaban J connectivity index is 2.16. The molecular weight excluding hydrogens is 439 g/mol. The molecular formula is C17H9F9O4. The first-order valence-corrected chi connectivity index (χ1v) is 7.59. The highest BCUT2D eigenvalue weighted by Crippen LogP contribution is 2.53. The van der Waals surface area contributed by atoms with Crippen molar-refractivity contribution in [1.82, 2.24) is 0 Å². The summed E-state index contributed by atoms with van der Waals surface area (Å²) in [5.74, 6) is -16.5. The molecule has 0 aliphatic carbocycles. The average molecular weight is 448 g/mol. The summed E-state index contributed by atoms with van der Waals surface area (Å²) < 4.78 is 123. The molecule has 164 valence electrons. The van der Waals surface area contributed by atoms with Gasteiger partial charge in [0, 0.05) is 0 Å². The molecule has 0 amide bonds. The van der Waals surface area contributed by atoms with Crippen molar-refractivity contribution < 1.29 is 58.9 Å². The lowest BCUT2D eigenvalue weighted by atomic mass is 10.1. The van der Waals surface area contributed by atoms with Crippen LogP contribution in [-0.2, 0) is 0 Å². The van der Waals surface area contributed by atoms with Crippen molar-refractivity contribution in [3.63, 3.8) is 0 Å². The zero-order valence-corrected chi connectivity index (χ0v) is 14.2. The summed E-state index contributed by atoms with van der Waals surface area (Å²) in [7, 11) is 0. The number of rotatable bonds is 6. The first-order valence-electron chi connectivity index (χ1n) is 7.59. The number of aromatic hydroxyl groups is 1. The van der Waals surface area contributed by atoms with Crippen LogP contribution in [0, 0.1) is 0 Å². The molecule has 0 saturated heterocycles. The minimum absolute atomic E-state index is 0.0290. The molecule has 1 N–H and O–H groups in total. The summed E-state index contributed by atoms with van der Waals surface area (Å²) in [6, 6.07) is 7.12. The van der Waals surface area contributed by atoms with Gasteiger partial charge in [-0.05, 0) is 48.5 Å². The fourth-order valence-electron chi connectivity index (χ4n) is 1.91. The van der Waals surface area contributed by atoms with E-state index in [0.29, 0.717) is 24.3 Å². The van der Waals surface area contributed by atoms with E-state index in [4.69, 9.17) is 9.84 Å². The quantitative estimate of drug-likeness (QED) is 0.365. The Morgan fingerprint density at radius 2 is 1.17 bits per heavy atom. The van der Waals surface area contributed by atoms with Crippen molar-refractivity contribution in [2.45, 2.75) is 24.1 Å². The van der Waals surface area contributed by atoms with Crippen molar-refractivity contribution in [2.24, 2.45) is 0 Å². The van der Waals surface area contributed by atoms with E-state index in [1.165, 1.54) is 24.3 Å². The van der Waals surface area contributed by atoms with Gasteiger partial charge in [-0.25, -0.2) is 4.79 Å². The summed E-state index contributed by atoms with van der Waals surface area (Å²) >= 11 is 0. The zero-order valence-electron chi connectivity index (χ0n) is 14.2. The maximum absolute atomic E-state index is 13.4. The SMILES string of the molecule is O=C(Oc1ccc(O)cc1)c1ccc(OC(F)(F)C(F)(F)C(F)(F)C(F)(F)F)cc1. The van der Waals surface area contributed by atoms with Gasteiger partial charge in [-0.15, -0.1) is 0 Å². The van der Waals surface area contributed by atoms with Crippen LogP contribution in [0.15, 0.2) is 48.5 Å². The first-order chi connectivity index (χ1) is 13.6. The largest absolute Gasteiger partial charge is 0.508 e. The molecule has 0 aliphatic rings. The van der Waals surface area contributed by atoms with Gasteiger partial charge in [0.1, 0.15) is 17.2 Å². The number of hydrogen-bond donors (Lipinski definition) is 1. The van der Waals surface area contributed by atoms with Gasteiger partial charge in [0.15, 0.2) is 0 Å². The molecule has 0 fully saturated rings. The smallest absolute Gasteiger partial charge is 0.471 e. The predicted molar refractivity (Wildman–Crippen MR) is 81.0 cm³/mol. The lowest BCUT2D eigenvalue weighted by Gasteiger charge is -2.33. The van der Waals surface area contributed by atoms with E-state index in [9.17, 15) is 44.3 Å². The van der Waals surface area contributed by atoms with Crippen LogP contribution in [0.4, 0.5) is 39.5 Å². The summed E-state index contributed by atoms with van der Waals surface area (Å²) in [5.41, 5.74) is -0.328. The van der Waals surface area contributed by atoms with Gasteiger partial charge in [0.2, 0.25) is 0 Å². The highest BCUT2D eigenvalue weighted by Gasteiger charge is 2.83. The Hall–Kier alpha value is -3.12. The number of halogens is 9. The van der Waals surface area contributed by atoms with Gasteiger partial charge < -0.3 is 14.6 Å². The minimum atomic E-state index is -7.09. The second kappa shape index (κ2) is 7.61. The Morgan fingerprint density at radius 3 is 1.63 bits per heavy atom. The topological polar surface area (TPSA) is 55.8 Å². The molecule has 0 aliphatic heterocycles. The van der Waals surface area contributed by atoms with Gasteiger partial charge in [0.25, 0.3) is 0 Å². The number of phenolic OH excluding ortho intramolecular Hbond substituents is 1. The first kappa shape index (κ1) is 23.2. The molecule has 2 aromatic rings. The summed E-state index contributed by atoms with van der Waals surface area (Å²) in [6.07, 6.45) is -13.2. The highest BCUT2D eigenvalue weighted by atomic mass is 19.4. The molecule has 4 nitrogen and oxygen atoms in total. The standard InChI is InChI=1S/C17H9F9O4/c18-14(19,16(22,23)24)15(20,21)17(25,26)30-12-5-1-9(2-6-12)13(28)29-11-7-3-10(27)4-8-11/h1-8,27H. The van der Waals surface area contributed by atoms with Crippen LogP contribution in [0.5, 0.6) is 17.2 Å². The van der Waals surface area contributed by atoms with E-state index >= 15 is 0 Å². The molecule has 0 unspecified atom stereocenters. The van der Waals surface area contributed by atoms with E-state index in [1.54, 1.807) is 0 Å². The highest BCUT2D eigenvalue weighted by molar-refractivity contribution is 5.91. The number of hydrogen-bond acceptors (Lipinski definition) is 4. The molecule has 0 heterocycles. The van der Waals surface area contributed by atoms with Crippen molar-refractivity contribution in [3.05, 3.63) is 54.1 Å². The third-order valence-electron chi connectivity index (χ3n) is 3.50. The molecule has 0 radical (unpaired) electrons. The number of carbonyl (C=O) groups excluding carboxylic acids is 1. The fourth-order valence-corrected chi connectivity index (χ4v) is 1.91. The molecule has 0 bridgehead atoms. The lowest BCUT2D eigenvalue weighted by Crippen LogP contribution is -2.62. The number of alkyl halides is 9. The van der Waals surface area contributed by atoms with E-state index in [2.05, 4.69) is 4.74 Å². The Morgan fingerprint density at radius 1 is 0.700 bits per heavy atom. The monoisotopic (exact) mass is 448 g/mol. The van der Waals surface area contributed by atoms with Crippen LogP contribution in [0.3, 0.4) is 0 Å². The molecule has 30 heavy (non-hydrogen) atoms. The number of phenols is 1. The van der Waals surface area contributed by atoms with Gasteiger partial charge >= 0.3 is 30.1 Å². The van der Waals surface area contributed by atoms with Gasteiger partial charge in [-0.3, -0.25) is 0 Å². The number of esters is 1. The summed E-state index contributed by atoms with van der Waals surface area (Å²) in [6.45, 7) is 0. The minimum Gasteiger partial charge on any atom is -0.508 e. The van der Waals surface area contributed by atoms with E-state index in [0.717, 1.165) is 0 Å². The third kappa shape index (κ3) is 4.39. The van der Waals surface area contributed by atoms with Crippen molar-refractivity contribution >= 4 is 5.97 Å². The van der Waals surface area contributed by atoms with E-state index < -0.39 is 35.8 Å². The van der Waals surface area contributed by atoms with E-state index in [1.807, 2.05) is 0 Å². The Labute approximate surface area is 161 Å². The Bertz CT molecular complexity index is 891. The molecule has 0 spiro atoms. The van der Waals surface area contributed by atoms with Crippen LogP contribution in [0.25, 0.3) is 0 Å². The van der Waals surface area contributed by atoms with Crippen LogP contribution < -0.4 is 9.47 Å². The number of benzene rings is 2. The van der Waals surface area contributed by atoms with Gasteiger partial charge in [0.05, 0.1) is 5.56 Å². The van der Waals surface area contributed by atoms with Crippen LogP contribution in [0.1, 0.15) is 10.4 Å². The molecule has 13 heteroatoms. The molecule has 0 atom stereocenters. The number of ether oxygens (including phenoxy) is 2. The normalized spacial score (nSPS) is 13.1. The predicted octanol–water partition coefficient (Wildman–Crippen LogP) is 5.42. The number of carbonyl (C=O) groups is 1. The van der Waals surface area contributed by atoms with Crippen LogP contribution in [0.2, 0.25) is 0 Å². The second-order valence-corrected chi connectivity index (χ2v) is 5.67. The van der Waals surface area contributed by atoms with Crippen LogP contribution in [-0.4, -0.2) is 35.2 Å². The summed E-state index contributed by atoms with van der Waals surface area (Å²) in [5, 5.41) is 9.10. The fraction of sp³-hybridized carbons (Fsp3) is 0.235. The van der Waals surface area contributed by atoms with Crippen molar-refractivity contribution in [1.29, 1.82) is 0 Å². The van der Waals surface area contributed by atoms with Crippen molar-refractivity contribution in [3.8, 4) is 17.2 Å². The maximum atomic E-state index is 13.4. The third-order valence-corrected chi connectivity index (χ3v) is 3.50. The van der Waals surface area contributed by atoms with E-state index in [-0.39, 0.29) is 17.1 Å². The second-order valence-electron chi connectivity index (χ2n) is 5.67. The summed E-state index contributed by atoms with van der Waals surface area (Å²) in [4.78, 5) is 11.9. The maximum Gasteiger partial charge on any atom is 0.471 e.